The number of anilines is 1. The van der Waals surface area contributed by atoms with Crippen molar-refractivity contribution in [3.8, 4) is 0 Å². The van der Waals surface area contributed by atoms with E-state index < -0.39 is 5.97 Å². The number of carbonyl (C=O) groups excluding carboxylic acids is 1. The second-order valence-corrected chi connectivity index (χ2v) is 10.3. The molecule has 1 saturated carbocycles. The lowest BCUT2D eigenvalue weighted by atomic mass is 9.83. The molecule has 0 spiro atoms. The standard InChI is InChI=1S/C26H28N4O5S/c31-16-35-19-5-2-11-29(14-19)25-20(7-9-24(32)33)26(34)30-12-10-17(13-22(30)28-25)6-8-23-27-21(15-36-23)18-3-1-4-18/h7,9-10,12-13,15-16,18-19H,1-6,8,11,14H2,(H,32,33). The van der Waals surface area contributed by atoms with Gasteiger partial charge in [-0.3, -0.25) is 14.0 Å². The summed E-state index contributed by atoms with van der Waals surface area (Å²) < 4.78 is 6.60. The highest BCUT2D eigenvalue weighted by atomic mass is 32.1. The first-order valence-corrected chi connectivity index (χ1v) is 13.1. The van der Waals surface area contributed by atoms with Crippen LogP contribution in [-0.4, -0.2) is 51.1 Å². The summed E-state index contributed by atoms with van der Waals surface area (Å²) in [5.41, 5.74) is 2.61. The molecule has 0 bridgehead atoms. The van der Waals surface area contributed by atoms with Crippen LogP contribution in [0.1, 0.15) is 59.9 Å². The minimum absolute atomic E-state index is 0.195. The normalized spacial score (nSPS) is 18.4. The first-order valence-electron chi connectivity index (χ1n) is 12.3. The van der Waals surface area contributed by atoms with E-state index in [2.05, 4.69) is 5.38 Å². The number of carbonyl (C=O) groups is 2. The molecule has 1 unspecified atom stereocenters. The number of aromatic nitrogens is 3. The van der Waals surface area contributed by atoms with E-state index in [1.54, 1.807) is 17.5 Å². The van der Waals surface area contributed by atoms with Gasteiger partial charge in [-0.25, -0.2) is 14.8 Å². The van der Waals surface area contributed by atoms with Gasteiger partial charge in [0.15, 0.2) is 0 Å². The third-order valence-corrected chi connectivity index (χ3v) is 7.88. The van der Waals surface area contributed by atoms with Crippen LogP contribution >= 0.6 is 11.3 Å². The van der Waals surface area contributed by atoms with Crippen molar-refractivity contribution in [1.29, 1.82) is 0 Å². The quantitative estimate of drug-likeness (QED) is 0.345. The van der Waals surface area contributed by atoms with E-state index in [-0.39, 0.29) is 17.2 Å². The average molecular weight is 509 g/mol. The maximum atomic E-state index is 13.4. The molecular formula is C26H28N4O5S. The van der Waals surface area contributed by atoms with Crippen molar-refractivity contribution in [2.24, 2.45) is 0 Å². The lowest BCUT2D eigenvalue weighted by Crippen LogP contribution is -2.41. The van der Waals surface area contributed by atoms with Gasteiger partial charge in [-0.1, -0.05) is 6.42 Å². The van der Waals surface area contributed by atoms with Gasteiger partial charge in [0.2, 0.25) is 0 Å². The number of piperidine rings is 1. The number of fused-ring (bicyclic) bond motifs is 1. The van der Waals surface area contributed by atoms with Gasteiger partial charge in [-0.05, 0) is 55.9 Å². The third kappa shape index (κ3) is 5.18. The summed E-state index contributed by atoms with van der Waals surface area (Å²) in [6, 6.07) is 3.80. The van der Waals surface area contributed by atoms with E-state index in [4.69, 9.17) is 19.8 Å². The van der Waals surface area contributed by atoms with Crippen molar-refractivity contribution in [1.82, 2.24) is 14.4 Å². The Kier molecular flexibility index (Phi) is 7.13. The number of rotatable bonds is 9. The van der Waals surface area contributed by atoms with E-state index in [0.717, 1.165) is 42.3 Å². The summed E-state index contributed by atoms with van der Waals surface area (Å²) in [6.45, 7) is 1.45. The molecule has 36 heavy (non-hydrogen) atoms. The van der Waals surface area contributed by atoms with E-state index >= 15 is 0 Å². The molecule has 0 aromatic carbocycles. The number of carboxylic acids is 1. The van der Waals surface area contributed by atoms with Crippen LogP contribution in [0.25, 0.3) is 11.7 Å². The van der Waals surface area contributed by atoms with Crippen LogP contribution in [0.15, 0.2) is 34.6 Å². The Balaban J connectivity index is 1.44. The van der Waals surface area contributed by atoms with Gasteiger partial charge >= 0.3 is 5.97 Å². The molecule has 1 N–H and O–H groups in total. The van der Waals surface area contributed by atoms with E-state index in [1.165, 1.54) is 35.4 Å². The topological polar surface area (TPSA) is 114 Å². The first kappa shape index (κ1) is 24.2. The molecule has 1 aliphatic heterocycles. The van der Waals surface area contributed by atoms with Crippen molar-refractivity contribution >= 4 is 41.3 Å². The van der Waals surface area contributed by atoms with Gasteiger partial charge in [-0.15, -0.1) is 11.3 Å². The molecule has 5 rings (SSSR count). The van der Waals surface area contributed by atoms with Crippen LogP contribution in [0.3, 0.4) is 0 Å². The molecule has 188 valence electrons. The average Bonchev–Trinajstić information content (AvgIpc) is 3.29. The van der Waals surface area contributed by atoms with Crippen molar-refractivity contribution in [2.75, 3.05) is 18.0 Å². The maximum Gasteiger partial charge on any atom is 0.328 e. The molecule has 2 aliphatic rings. The van der Waals surface area contributed by atoms with E-state index in [0.29, 0.717) is 36.9 Å². The Hall–Kier alpha value is -3.53. The smallest absolute Gasteiger partial charge is 0.328 e. The van der Waals surface area contributed by atoms with E-state index in [9.17, 15) is 14.4 Å². The van der Waals surface area contributed by atoms with Gasteiger partial charge < -0.3 is 14.7 Å². The fourth-order valence-electron chi connectivity index (χ4n) is 4.78. The van der Waals surface area contributed by atoms with Crippen LogP contribution in [0.4, 0.5) is 5.82 Å². The predicted molar refractivity (Wildman–Crippen MR) is 137 cm³/mol. The predicted octanol–water partition coefficient (Wildman–Crippen LogP) is 3.44. The second-order valence-electron chi connectivity index (χ2n) is 9.33. The van der Waals surface area contributed by atoms with Crippen LogP contribution < -0.4 is 10.5 Å². The summed E-state index contributed by atoms with van der Waals surface area (Å²) in [7, 11) is 0. The highest BCUT2D eigenvalue weighted by Crippen LogP contribution is 2.36. The molecule has 3 aromatic heterocycles. The largest absolute Gasteiger partial charge is 0.478 e. The van der Waals surface area contributed by atoms with Crippen molar-refractivity contribution in [3.63, 3.8) is 0 Å². The Bertz CT molecular complexity index is 1360. The fraction of sp³-hybridized carbons (Fsp3) is 0.423. The zero-order valence-corrected chi connectivity index (χ0v) is 20.7. The van der Waals surface area contributed by atoms with Gasteiger partial charge in [0.25, 0.3) is 12.0 Å². The number of hydrogen-bond donors (Lipinski definition) is 1. The maximum absolute atomic E-state index is 13.4. The summed E-state index contributed by atoms with van der Waals surface area (Å²) >= 11 is 1.71. The monoisotopic (exact) mass is 508 g/mol. The lowest BCUT2D eigenvalue weighted by Gasteiger charge is -2.33. The molecule has 0 radical (unpaired) electrons. The highest BCUT2D eigenvalue weighted by molar-refractivity contribution is 7.09. The number of aliphatic carboxylic acids is 1. The molecule has 1 saturated heterocycles. The van der Waals surface area contributed by atoms with Crippen molar-refractivity contribution in [3.05, 3.63) is 62.0 Å². The number of thiazole rings is 1. The van der Waals surface area contributed by atoms with Crippen LogP contribution in [0.5, 0.6) is 0 Å². The molecule has 1 atom stereocenters. The summed E-state index contributed by atoms with van der Waals surface area (Å²) in [5, 5.41) is 12.4. The molecule has 4 heterocycles. The van der Waals surface area contributed by atoms with Crippen molar-refractivity contribution in [2.45, 2.75) is 57.0 Å². The van der Waals surface area contributed by atoms with Gasteiger partial charge in [0, 0.05) is 36.5 Å². The molecule has 0 amide bonds. The molecule has 3 aromatic rings. The molecule has 10 heteroatoms. The number of carboxylic acid groups (broad SMARTS) is 1. The number of nitrogens with zero attached hydrogens (tertiary/aromatic N) is 4. The molecule has 9 nitrogen and oxygen atoms in total. The Morgan fingerprint density at radius 1 is 1.22 bits per heavy atom. The van der Waals surface area contributed by atoms with Crippen LogP contribution in [0.2, 0.25) is 0 Å². The summed E-state index contributed by atoms with van der Waals surface area (Å²) in [6.07, 6.45) is 10.5. The van der Waals surface area contributed by atoms with Crippen molar-refractivity contribution < 1.29 is 19.4 Å². The summed E-state index contributed by atoms with van der Waals surface area (Å²) in [5.74, 6) is -0.121. The fourth-order valence-corrected chi connectivity index (χ4v) is 5.66. The Morgan fingerprint density at radius 3 is 2.83 bits per heavy atom. The second kappa shape index (κ2) is 10.6. The van der Waals surface area contributed by atoms with Crippen LogP contribution in [-0.2, 0) is 27.2 Å². The highest BCUT2D eigenvalue weighted by Gasteiger charge is 2.25. The van der Waals surface area contributed by atoms with E-state index in [1.807, 2.05) is 17.0 Å². The van der Waals surface area contributed by atoms with Gasteiger partial charge in [0.05, 0.1) is 22.8 Å². The number of aryl methyl sites for hydroxylation is 2. The summed E-state index contributed by atoms with van der Waals surface area (Å²) in [4.78, 5) is 46.9. The molecule has 1 aliphatic carbocycles. The lowest BCUT2D eigenvalue weighted by molar-refractivity contribution is -0.134. The first-order chi connectivity index (χ1) is 17.5. The zero-order chi connectivity index (χ0) is 25.1. The third-order valence-electron chi connectivity index (χ3n) is 6.95. The van der Waals surface area contributed by atoms with Gasteiger partial charge in [-0.2, -0.15) is 0 Å². The zero-order valence-electron chi connectivity index (χ0n) is 19.8. The number of ether oxygens (including phenoxy) is 1. The van der Waals surface area contributed by atoms with Crippen LogP contribution in [0, 0.1) is 0 Å². The molecular weight excluding hydrogens is 480 g/mol. The van der Waals surface area contributed by atoms with Gasteiger partial charge in [0.1, 0.15) is 17.6 Å². The SMILES string of the molecule is O=COC1CCCN(c2nc3cc(CCc4nc(C5CCC5)cs4)ccn3c(=O)c2C=CC(=O)O)C1. The number of pyridine rings is 1. The molecule has 2 fully saturated rings. The Morgan fingerprint density at radius 2 is 2.08 bits per heavy atom. The minimum Gasteiger partial charge on any atom is -0.478 e. The minimum atomic E-state index is -1.15. The number of hydrogen-bond acceptors (Lipinski definition) is 8. The Labute approximate surface area is 212 Å².